The van der Waals surface area contributed by atoms with Gasteiger partial charge in [0.2, 0.25) is 0 Å². The van der Waals surface area contributed by atoms with Crippen molar-refractivity contribution in [1.82, 2.24) is 15.6 Å². The maximum atomic E-state index is 12.1. The van der Waals surface area contributed by atoms with E-state index in [1.807, 2.05) is 56.3 Å². The predicted octanol–water partition coefficient (Wildman–Crippen LogP) is 3.10. The average molecular weight is 312 g/mol. The maximum Gasteiger partial charge on any atom is 0.315 e. The number of hydrogen-bond donors (Lipinski definition) is 2. The Morgan fingerprint density at radius 1 is 1.22 bits per heavy atom. The number of nitrogens with one attached hydrogen (secondary N) is 2. The summed E-state index contributed by atoms with van der Waals surface area (Å²) < 4.78 is 0. The molecule has 2 rings (SSSR count). The molecule has 1 aromatic heterocycles. The van der Waals surface area contributed by atoms with Crippen LogP contribution in [0.4, 0.5) is 10.5 Å². The molecule has 0 saturated carbocycles. The number of nitrogens with zero attached hydrogens (tertiary/aromatic N) is 2. The second kappa shape index (κ2) is 8.17. The summed E-state index contributed by atoms with van der Waals surface area (Å²) in [4.78, 5) is 18.2. The highest BCUT2D eigenvalue weighted by Gasteiger charge is 2.12. The van der Waals surface area contributed by atoms with E-state index in [4.69, 9.17) is 0 Å². The predicted molar refractivity (Wildman–Crippen MR) is 93.4 cm³/mol. The van der Waals surface area contributed by atoms with Crippen molar-refractivity contribution in [2.24, 2.45) is 0 Å². The molecule has 0 saturated heterocycles. The smallest absolute Gasteiger partial charge is 0.315 e. The van der Waals surface area contributed by atoms with E-state index in [0.717, 1.165) is 23.2 Å². The van der Waals surface area contributed by atoms with Gasteiger partial charge in [-0.15, -0.1) is 0 Å². The van der Waals surface area contributed by atoms with Gasteiger partial charge >= 0.3 is 6.03 Å². The zero-order chi connectivity index (χ0) is 16.7. The van der Waals surface area contributed by atoms with E-state index in [2.05, 4.69) is 21.7 Å². The molecule has 1 aromatic carbocycles. The lowest BCUT2D eigenvalue weighted by Crippen LogP contribution is -2.37. The number of aromatic nitrogens is 1. The summed E-state index contributed by atoms with van der Waals surface area (Å²) >= 11 is 0. The molecule has 1 heterocycles. The van der Waals surface area contributed by atoms with E-state index in [1.54, 1.807) is 12.4 Å². The standard InChI is InChI=1S/C18H24N4O/c1-4-17(15-8-10-19-11-9-15)21-18(23)20-13-14-6-5-7-16(12-14)22(2)3/h5-12,17H,4,13H2,1-3H3,(H2,20,21,23). The number of benzene rings is 1. The summed E-state index contributed by atoms with van der Waals surface area (Å²) in [6.45, 7) is 2.55. The maximum absolute atomic E-state index is 12.1. The van der Waals surface area contributed by atoms with Crippen molar-refractivity contribution in [3.8, 4) is 0 Å². The van der Waals surface area contributed by atoms with E-state index < -0.39 is 0 Å². The highest BCUT2D eigenvalue weighted by molar-refractivity contribution is 5.74. The molecule has 122 valence electrons. The van der Waals surface area contributed by atoms with E-state index in [0.29, 0.717) is 6.54 Å². The van der Waals surface area contributed by atoms with Crippen molar-refractivity contribution in [3.05, 3.63) is 59.9 Å². The number of pyridine rings is 1. The van der Waals surface area contributed by atoms with Gasteiger partial charge in [0, 0.05) is 38.7 Å². The topological polar surface area (TPSA) is 57.3 Å². The van der Waals surface area contributed by atoms with Gasteiger partial charge in [-0.25, -0.2) is 4.79 Å². The third kappa shape index (κ3) is 4.98. The molecule has 1 unspecified atom stereocenters. The number of urea groups is 1. The summed E-state index contributed by atoms with van der Waals surface area (Å²) in [5.41, 5.74) is 3.25. The van der Waals surface area contributed by atoms with Gasteiger partial charge < -0.3 is 15.5 Å². The quantitative estimate of drug-likeness (QED) is 0.862. The van der Waals surface area contributed by atoms with Gasteiger partial charge in [-0.3, -0.25) is 4.98 Å². The number of rotatable bonds is 6. The van der Waals surface area contributed by atoms with Crippen LogP contribution in [0.2, 0.25) is 0 Å². The molecular weight excluding hydrogens is 288 g/mol. The van der Waals surface area contributed by atoms with Gasteiger partial charge in [-0.05, 0) is 41.8 Å². The Morgan fingerprint density at radius 2 is 1.96 bits per heavy atom. The van der Waals surface area contributed by atoms with E-state index in [-0.39, 0.29) is 12.1 Å². The molecule has 0 radical (unpaired) electrons. The SMILES string of the molecule is CCC(NC(=O)NCc1cccc(N(C)C)c1)c1ccncc1. The molecule has 0 spiro atoms. The van der Waals surface area contributed by atoms with Crippen LogP contribution in [0.3, 0.4) is 0 Å². The minimum Gasteiger partial charge on any atom is -0.378 e. The third-order valence-electron chi connectivity index (χ3n) is 3.70. The van der Waals surface area contributed by atoms with Crippen LogP contribution in [0.1, 0.15) is 30.5 Å². The first kappa shape index (κ1) is 16.8. The fourth-order valence-electron chi connectivity index (χ4n) is 2.35. The Bertz CT molecular complexity index is 628. The Kier molecular flexibility index (Phi) is 5.97. The van der Waals surface area contributed by atoms with Gasteiger partial charge in [-0.1, -0.05) is 19.1 Å². The summed E-state index contributed by atoms with van der Waals surface area (Å²) in [7, 11) is 4.00. The molecular formula is C18H24N4O. The highest BCUT2D eigenvalue weighted by atomic mass is 16.2. The fourth-order valence-corrected chi connectivity index (χ4v) is 2.35. The molecule has 2 N–H and O–H groups in total. The van der Waals surface area contributed by atoms with E-state index in [9.17, 15) is 4.79 Å². The van der Waals surface area contributed by atoms with Crippen LogP contribution in [-0.4, -0.2) is 25.1 Å². The molecule has 0 aliphatic heterocycles. The van der Waals surface area contributed by atoms with Crippen LogP contribution in [0.5, 0.6) is 0 Å². The van der Waals surface area contributed by atoms with Crippen LogP contribution in [0.25, 0.3) is 0 Å². The second-order valence-electron chi connectivity index (χ2n) is 5.63. The molecule has 2 amide bonds. The number of amides is 2. The normalized spacial score (nSPS) is 11.6. The average Bonchev–Trinajstić information content (AvgIpc) is 2.59. The Labute approximate surface area is 137 Å². The molecule has 0 bridgehead atoms. The lowest BCUT2D eigenvalue weighted by molar-refractivity contribution is 0.236. The van der Waals surface area contributed by atoms with Crippen LogP contribution >= 0.6 is 0 Å². The van der Waals surface area contributed by atoms with Crippen molar-refractivity contribution >= 4 is 11.7 Å². The van der Waals surface area contributed by atoms with Gasteiger partial charge in [0.15, 0.2) is 0 Å². The van der Waals surface area contributed by atoms with Crippen molar-refractivity contribution < 1.29 is 4.79 Å². The molecule has 5 nitrogen and oxygen atoms in total. The number of carbonyl (C=O) groups is 1. The molecule has 23 heavy (non-hydrogen) atoms. The lowest BCUT2D eigenvalue weighted by atomic mass is 10.1. The first-order chi connectivity index (χ1) is 11.1. The number of carbonyl (C=O) groups excluding carboxylic acids is 1. The lowest BCUT2D eigenvalue weighted by Gasteiger charge is -2.18. The van der Waals surface area contributed by atoms with Crippen LogP contribution in [-0.2, 0) is 6.54 Å². The van der Waals surface area contributed by atoms with Crippen molar-refractivity contribution in [3.63, 3.8) is 0 Å². The van der Waals surface area contributed by atoms with Crippen LogP contribution in [0, 0.1) is 0 Å². The Balaban J connectivity index is 1.90. The minimum absolute atomic E-state index is 0.00823. The number of anilines is 1. The zero-order valence-electron chi connectivity index (χ0n) is 13.9. The molecule has 2 aromatic rings. The van der Waals surface area contributed by atoms with Crippen molar-refractivity contribution in [2.45, 2.75) is 25.9 Å². The molecule has 1 atom stereocenters. The summed E-state index contributed by atoms with van der Waals surface area (Å²) in [6, 6.07) is 11.8. The molecule has 0 aliphatic rings. The summed E-state index contributed by atoms with van der Waals surface area (Å²) in [6.07, 6.45) is 4.31. The molecule has 5 heteroatoms. The Hall–Kier alpha value is -2.56. The van der Waals surface area contributed by atoms with E-state index >= 15 is 0 Å². The fraction of sp³-hybridized carbons (Fsp3) is 0.333. The molecule has 0 aliphatic carbocycles. The van der Waals surface area contributed by atoms with Crippen LogP contribution in [0.15, 0.2) is 48.8 Å². The van der Waals surface area contributed by atoms with Gasteiger partial charge in [-0.2, -0.15) is 0 Å². The molecule has 0 fully saturated rings. The van der Waals surface area contributed by atoms with Gasteiger partial charge in [0.05, 0.1) is 6.04 Å². The minimum atomic E-state index is -0.163. The first-order valence-corrected chi connectivity index (χ1v) is 7.80. The largest absolute Gasteiger partial charge is 0.378 e. The number of hydrogen-bond acceptors (Lipinski definition) is 3. The zero-order valence-corrected chi connectivity index (χ0v) is 13.9. The van der Waals surface area contributed by atoms with Crippen molar-refractivity contribution in [1.29, 1.82) is 0 Å². The summed E-state index contributed by atoms with van der Waals surface area (Å²) in [5, 5.41) is 5.92. The Morgan fingerprint density at radius 3 is 2.61 bits per heavy atom. The van der Waals surface area contributed by atoms with Gasteiger partial charge in [0.25, 0.3) is 0 Å². The van der Waals surface area contributed by atoms with E-state index in [1.165, 1.54) is 0 Å². The van der Waals surface area contributed by atoms with Gasteiger partial charge in [0.1, 0.15) is 0 Å². The highest BCUT2D eigenvalue weighted by Crippen LogP contribution is 2.15. The second-order valence-corrected chi connectivity index (χ2v) is 5.63. The first-order valence-electron chi connectivity index (χ1n) is 7.80. The van der Waals surface area contributed by atoms with Crippen LogP contribution < -0.4 is 15.5 Å². The summed E-state index contributed by atoms with van der Waals surface area (Å²) in [5.74, 6) is 0. The monoisotopic (exact) mass is 312 g/mol. The third-order valence-corrected chi connectivity index (χ3v) is 3.70. The van der Waals surface area contributed by atoms with Crippen molar-refractivity contribution in [2.75, 3.05) is 19.0 Å².